The number of hydrogen-bond donors (Lipinski definition) is 1. The number of nitriles is 1. The van der Waals surface area contributed by atoms with Gasteiger partial charge in [-0.3, -0.25) is 14.5 Å². The summed E-state index contributed by atoms with van der Waals surface area (Å²) in [5.74, 6) is 0.550. The van der Waals surface area contributed by atoms with E-state index < -0.39 is 0 Å². The van der Waals surface area contributed by atoms with Crippen molar-refractivity contribution in [3.05, 3.63) is 48.5 Å². The van der Waals surface area contributed by atoms with Gasteiger partial charge in [-0.1, -0.05) is 19.3 Å². The molecule has 1 saturated carbocycles. The molecule has 1 aliphatic rings. The van der Waals surface area contributed by atoms with E-state index in [-0.39, 0.29) is 12.5 Å². The Kier molecular flexibility index (Phi) is 5.15. The molecule has 142 valence electrons. The standard InChI is InChI=1S/C20H21N7O/c21-11-15-5-4-9-22-20(15)16-12-24-26(13-16)14-19(28)25-18-8-10-23-27(18)17-6-2-1-3-7-17/h4-5,8-10,12-13,17H,1-3,6-7,14H2,(H,25,28). The Morgan fingerprint density at radius 3 is 2.89 bits per heavy atom. The maximum absolute atomic E-state index is 12.5. The van der Waals surface area contributed by atoms with Crippen molar-refractivity contribution in [2.24, 2.45) is 0 Å². The number of carbonyl (C=O) groups is 1. The van der Waals surface area contributed by atoms with E-state index in [0.717, 1.165) is 18.7 Å². The average Bonchev–Trinajstić information content (AvgIpc) is 3.38. The average molecular weight is 375 g/mol. The number of carbonyl (C=O) groups excluding carboxylic acids is 1. The highest BCUT2D eigenvalue weighted by atomic mass is 16.2. The molecule has 0 aliphatic heterocycles. The number of nitrogens with one attached hydrogen (secondary N) is 1. The minimum absolute atomic E-state index is 0.0740. The SMILES string of the molecule is N#Cc1cccnc1-c1cnn(CC(=O)Nc2ccnn2C2CCCCC2)c1. The molecule has 0 aromatic carbocycles. The molecule has 3 aromatic heterocycles. The molecule has 0 atom stereocenters. The van der Waals surface area contributed by atoms with Gasteiger partial charge >= 0.3 is 0 Å². The lowest BCUT2D eigenvalue weighted by atomic mass is 9.96. The largest absolute Gasteiger partial charge is 0.309 e. The lowest BCUT2D eigenvalue weighted by Gasteiger charge is -2.23. The third-order valence-electron chi connectivity index (χ3n) is 5.00. The normalized spacial score (nSPS) is 14.5. The highest BCUT2D eigenvalue weighted by Crippen LogP contribution is 2.29. The summed E-state index contributed by atoms with van der Waals surface area (Å²) in [4.78, 5) is 16.8. The molecule has 1 fully saturated rings. The van der Waals surface area contributed by atoms with Crippen LogP contribution in [0.25, 0.3) is 11.3 Å². The molecule has 0 spiro atoms. The van der Waals surface area contributed by atoms with Crippen molar-refractivity contribution in [1.82, 2.24) is 24.5 Å². The molecule has 1 aliphatic carbocycles. The molecule has 0 saturated heterocycles. The van der Waals surface area contributed by atoms with Crippen LogP contribution < -0.4 is 5.32 Å². The first-order chi connectivity index (χ1) is 13.7. The molecule has 0 radical (unpaired) electrons. The molecular weight excluding hydrogens is 354 g/mol. The van der Waals surface area contributed by atoms with Crippen LogP contribution >= 0.6 is 0 Å². The monoisotopic (exact) mass is 375 g/mol. The van der Waals surface area contributed by atoms with Crippen molar-refractivity contribution in [1.29, 1.82) is 5.26 Å². The van der Waals surface area contributed by atoms with Gasteiger partial charge in [-0.15, -0.1) is 0 Å². The molecule has 4 rings (SSSR count). The van der Waals surface area contributed by atoms with E-state index in [1.54, 1.807) is 41.6 Å². The van der Waals surface area contributed by atoms with Gasteiger partial charge in [0.2, 0.25) is 5.91 Å². The molecule has 3 aromatic rings. The zero-order valence-corrected chi connectivity index (χ0v) is 15.5. The van der Waals surface area contributed by atoms with Crippen LogP contribution in [0.5, 0.6) is 0 Å². The first kappa shape index (κ1) is 17.9. The second-order valence-electron chi connectivity index (χ2n) is 6.94. The fourth-order valence-electron chi connectivity index (χ4n) is 3.66. The summed E-state index contributed by atoms with van der Waals surface area (Å²) in [7, 11) is 0. The van der Waals surface area contributed by atoms with Gasteiger partial charge in [0, 0.05) is 24.0 Å². The highest BCUT2D eigenvalue weighted by molar-refractivity contribution is 5.89. The van der Waals surface area contributed by atoms with Crippen LogP contribution in [0.2, 0.25) is 0 Å². The molecule has 0 bridgehead atoms. The van der Waals surface area contributed by atoms with Crippen molar-refractivity contribution in [2.75, 3.05) is 5.32 Å². The van der Waals surface area contributed by atoms with Crippen LogP contribution in [0.4, 0.5) is 5.82 Å². The van der Waals surface area contributed by atoms with Crippen LogP contribution in [0.15, 0.2) is 43.0 Å². The van der Waals surface area contributed by atoms with Crippen molar-refractivity contribution in [3.63, 3.8) is 0 Å². The topological polar surface area (TPSA) is 101 Å². The van der Waals surface area contributed by atoms with E-state index >= 15 is 0 Å². The maximum Gasteiger partial charge on any atom is 0.247 e. The van der Waals surface area contributed by atoms with Gasteiger partial charge < -0.3 is 5.32 Å². The van der Waals surface area contributed by atoms with Crippen LogP contribution in [0.3, 0.4) is 0 Å². The van der Waals surface area contributed by atoms with Crippen LogP contribution in [-0.2, 0) is 11.3 Å². The number of rotatable bonds is 5. The predicted molar refractivity (Wildman–Crippen MR) is 103 cm³/mol. The number of aromatic nitrogens is 5. The van der Waals surface area contributed by atoms with Gasteiger partial charge in [0.25, 0.3) is 0 Å². The van der Waals surface area contributed by atoms with Crippen molar-refractivity contribution < 1.29 is 4.79 Å². The summed E-state index contributed by atoms with van der Waals surface area (Å²) < 4.78 is 3.47. The summed E-state index contributed by atoms with van der Waals surface area (Å²) in [6.45, 7) is 0.0740. The van der Waals surface area contributed by atoms with Gasteiger partial charge in [-0.25, -0.2) is 4.68 Å². The highest BCUT2D eigenvalue weighted by Gasteiger charge is 2.19. The van der Waals surface area contributed by atoms with E-state index in [0.29, 0.717) is 22.9 Å². The Bertz CT molecular complexity index is 1010. The Morgan fingerprint density at radius 2 is 2.07 bits per heavy atom. The summed E-state index contributed by atoms with van der Waals surface area (Å²) in [6.07, 6.45) is 12.6. The molecule has 0 unspecified atom stereocenters. The third kappa shape index (κ3) is 3.78. The lowest BCUT2D eigenvalue weighted by molar-refractivity contribution is -0.117. The molecule has 8 nitrogen and oxygen atoms in total. The second kappa shape index (κ2) is 8.05. The summed E-state index contributed by atoms with van der Waals surface area (Å²) in [5.41, 5.74) is 1.74. The van der Waals surface area contributed by atoms with E-state index in [4.69, 9.17) is 0 Å². The molecule has 1 amide bonds. The van der Waals surface area contributed by atoms with Gasteiger partial charge in [-0.2, -0.15) is 15.5 Å². The van der Waals surface area contributed by atoms with Gasteiger partial charge in [0.05, 0.1) is 29.7 Å². The molecule has 1 N–H and O–H groups in total. The fraction of sp³-hybridized carbons (Fsp3) is 0.350. The quantitative estimate of drug-likeness (QED) is 0.738. The number of hydrogen-bond acceptors (Lipinski definition) is 5. The van der Waals surface area contributed by atoms with Crippen LogP contribution in [-0.4, -0.2) is 30.5 Å². The zero-order valence-electron chi connectivity index (χ0n) is 15.5. The van der Waals surface area contributed by atoms with E-state index in [9.17, 15) is 10.1 Å². The minimum Gasteiger partial charge on any atom is -0.309 e. The Hall–Kier alpha value is -3.47. The summed E-state index contributed by atoms with van der Waals surface area (Å²) >= 11 is 0. The minimum atomic E-state index is -0.172. The van der Waals surface area contributed by atoms with E-state index in [1.807, 2.05) is 10.7 Å². The van der Waals surface area contributed by atoms with E-state index in [2.05, 4.69) is 26.6 Å². The molecular formula is C20H21N7O. The molecule has 28 heavy (non-hydrogen) atoms. The van der Waals surface area contributed by atoms with Crippen molar-refractivity contribution in [3.8, 4) is 17.3 Å². The number of nitrogens with zero attached hydrogens (tertiary/aromatic N) is 6. The number of amides is 1. The van der Waals surface area contributed by atoms with Gasteiger partial charge in [0.1, 0.15) is 18.4 Å². The fourth-order valence-corrected chi connectivity index (χ4v) is 3.66. The third-order valence-corrected chi connectivity index (χ3v) is 5.00. The van der Waals surface area contributed by atoms with E-state index in [1.165, 1.54) is 19.3 Å². The first-order valence-corrected chi connectivity index (χ1v) is 9.46. The Morgan fingerprint density at radius 1 is 1.21 bits per heavy atom. The number of pyridine rings is 1. The lowest BCUT2D eigenvalue weighted by Crippen LogP contribution is -2.23. The van der Waals surface area contributed by atoms with Gasteiger partial charge in [-0.05, 0) is 25.0 Å². The Balaban J connectivity index is 1.44. The molecule has 3 heterocycles. The van der Waals surface area contributed by atoms with Crippen molar-refractivity contribution >= 4 is 11.7 Å². The second-order valence-corrected chi connectivity index (χ2v) is 6.94. The summed E-state index contributed by atoms with van der Waals surface area (Å²) in [5, 5.41) is 20.8. The van der Waals surface area contributed by atoms with Crippen LogP contribution in [0.1, 0.15) is 43.7 Å². The Labute approximate surface area is 162 Å². The number of anilines is 1. The van der Waals surface area contributed by atoms with Crippen LogP contribution in [0, 0.1) is 11.3 Å². The molecule has 8 heteroatoms. The first-order valence-electron chi connectivity index (χ1n) is 9.46. The predicted octanol–water partition coefficient (Wildman–Crippen LogP) is 3.16. The zero-order chi connectivity index (χ0) is 19.3. The van der Waals surface area contributed by atoms with Crippen molar-refractivity contribution in [2.45, 2.75) is 44.7 Å². The van der Waals surface area contributed by atoms with Gasteiger partial charge in [0.15, 0.2) is 0 Å². The smallest absolute Gasteiger partial charge is 0.247 e. The summed E-state index contributed by atoms with van der Waals surface area (Å²) in [6, 6.07) is 7.73. The maximum atomic E-state index is 12.5.